The highest BCUT2D eigenvalue weighted by atomic mass is 35.5. The van der Waals surface area contributed by atoms with Crippen LogP contribution in [0.4, 0.5) is 17.6 Å². The van der Waals surface area contributed by atoms with Crippen LogP contribution in [-0.4, -0.2) is 125 Å². The van der Waals surface area contributed by atoms with Gasteiger partial charge in [-0.2, -0.15) is 15.0 Å². The van der Waals surface area contributed by atoms with Crippen LogP contribution in [0.3, 0.4) is 0 Å². The van der Waals surface area contributed by atoms with Gasteiger partial charge in [0.25, 0.3) is 0 Å². The molecule has 17 nitrogen and oxygen atoms in total. The molecule has 0 saturated heterocycles. The van der Waals surface area contributed by atoms with E-state index in [0.29, 0.717) is 63.9 Å². The van der Waals surface area contributed by atoms with E-state index in [1.54, 1.807) is 4.57 Å². The van der Waals surface area contributed by atoms with Crippen LogP contribution < -0.4 is 24.8 Å². The molecule has 0 radical (unpaired) electrons. The van der Waals surface area contributed by atoms with Crippen LogP contribution in [0.1, 0.15) is 52.0 Å². The summed E-state index contributed by atoms with van der Waals surface area (Å²) < 4.78 is 54.2. The van der Waals surface area contributed by atoms with Crippen LogP contribution in [0.15, 0.2) is 98.2 Å². The molecule has 70 heavy (non-hydrogen) atoms. The number of rotatable bonds is 20. The van der Waals surface area contributed by atoms with Crippen LogP contribution in [-0.2, 0) is 27.2 Å². The van der Waals surface area contributed by atoms with Gasteiger partial charge in [-0.15, -0.1) is 0 Å². The van der Waals surface area contributed by atoms with Crippen LogP contribution in [0.25, 0.3) is 38.8 Å². The summed E-state index contributed by atoms with van der Waals surface area (Å²) >= 11 is 14.5. The van der Waals surface area contributed by atoms with Gasteiger partial charge in [0.05, 0.1) is 27.3 Å². The molecule has 10 rings (SSSR count). The van der Waals surface area contributed by atoms with E-state index in [4.69, 9.17) is 47.4 Å². The lowest BCUT2D eigenvalue weighted by Gasteiger charge is -2.35. The van der Waals surface area contributed by atoms with E-state index in [2.05, 4.69) is 97.5 Å². The Morgan fingerprint density at radius 2 is 1.41 bits per heavy atom. The second-order valence-corrected chi connectivity index (χ2v) is 19.7. The maximum absolute atomic E-state index is 13.9. The molecule has 366 valence electrons. The minimum atomic E-state index is -3.90. The van der Waals surface area contributed by atoms with E-state index in [9.17, 15) is 8.42 Å². The Hall–Kier alpha value is -6.02. The molecule has 0 bridgehead atoms. The summed E-state index contributed by atoms with van der Waals surface area (Å²) in [5.41, 5.74) is 6.30. The van der Waals surface area contributed by atoms with Crippen molar-refractivity contribution in [2.24, 2.45) is 9.98 Å². The number of sulfonamides is 1. The molecule has 5 heterocycles. The molecule has 0 fully saturated rings. The first-order chi connectivity index (χ1) is 34.0. The smallest absolute Gasteiger partial charge is 0.323 e. The van der Waals surface area contributed by atoms with Crippen LogP contribution in [0.5, 0.6) is 11.8 Å². The van der Waals surface area contributed by atoms with Gasteiger partial charge in [-0.3, -0.25) is 0 Å². The van der Waals surface area contributed by atoms with E-state index in [1.807, 2.05) is 54.6 Å². The monoisotopic (exact) mass is 1010 g/mol. The zero-order valence-electron chi connectivity index (χ0n) is 39.8. The molecule has 6 aromatic rings. The van der Waals surface area contributed by atoms with E-state index in [0.717, 1.165) is 78.6 Å². The second kappa shape index (κ2) is 20.0. The number of anilines is 2. The lowest BCUT2D eigenvalue weighted by molar-refractivity contribution is 0.169. The van der Waals surface area contributed by atoms with Crippen molar-refractivity contribution in [3.8, 4) is 11.8 Å². The van der Waals surface area contributed by atoms with Crippen molar-refractivity contribution in [1.29, 1.82) is 0 Å². The quantitative estimate of drug-likeness (QED) is 0.0624. The van der Waals surface area contributed by atoms with Crippen molar-refractivity contribution in [2.45, 2.75) is 59.2 Å². The zero-order chi connectivity index (χ0) is 48.7. The van der Waals surface area contributed by atoms with Crippen molar-refractivity contribution in [3.63, 3.8) is 0 Å². The van der Waals surface area contributed by atoms with Crippen LogP contribution in [0, 0.1) is 0 Å². The van der Waals surface area contributed by atoms with Gasteiger partial charge in [0, 0.05) is 66.6 Å². The number of aromatic nitrogens is 5. The topological polar surface area (TPSA) is 178 Å². The molecule has 2 atom stereocenters. The van der Waals surface area contributed by atoms with Gasteiger partial charge in [0.2, 0.25) is 21.9 Å². The third-order valence-electron chi connectivity index (χ3n) is 13.3. The fraction of sp³-hybridized carbons (Fsp3) is 0.380. The maximum Gasteiger partial charge on any atom is 0.323 e. The minimum Gasteiger partial charge on any atom is -0.475 e. The van der Waals surface area contributed by atoms with Gasteiger partial charge in [-0.1, -0.05) is 87.3 Å². The summed E-state index contributed by atoms with van der Waals surface area (Å²) in [4.78, 5) is 28.2. The maximum atomic E-state index is 13.9. The Labute approximate surface area is 417 Å². The molecule has 0 saturated carbocycles. The normalized spacial score (nSPS) is 17.3. The number of nitrogens with one attached hydrogen (secondary N) is 3. The zero-order valence-corrected chi connectivity index (χ0v) is 42.1. The average molecular weight is 1010 g/mol. The largest absolute Gasteiger partial charge is 0.475 e. The van der Waals surface area contributed by atoms with Crippen molar-refractivity contribution < 1.29 is 22.6 Å². The summed E-state index contributed by atoms with van der Waals surface area (Å²) in [7, 11) is -3.90. The van der Waals surface area contributed by atoms with Gasteiger partial charge < -0.3 is 43.8 Å². The molecule has 20 heteroatoms. The Morgan fingerprint density at radius 3 is 2.14 bits per heavy atom. The van der Waals surface area contributed by atoms with Gasteiger partial charge in [0.15, 0.2) is 23.7 Å². The van der Waals surface area contributed by atoms with Gasteiger partial charge in [0.1, 0.15) is 34.6 Å². The summed E-state index contributed by atoms with van der Waals surface area (Å²) in [5.74, 6) is 1.20. The predicted molar refractivity (Wildman–Crippen MR) is 279 cm³/mol. The number of aryl methyl sites for hydroxylation is 1. The summed E-state index contributed by atoms with van der Waals surface area (Å²) in [6.45, 7) is 17.9. The van der Waals surface area contributed by atoms with E-state index in [-0.39, 0.29) is 41.7 Å². The molecule has 3 aromatic carbocycles. The number of benzene rings is 3. The Bertz CT molecular complexity index is 3240. The number of hydrogen-bond donors (Lipinski definition) is 3. The molecule has 2 unspecified atom stereocenters. The summed E-state index contributed by atoms with van der Waals surface area (Å²) in [5, 5.41) is 9.82. The van der Waals surface area contributed by atoms with E-state index < -0.39 is 22.2 Å². The van der Waals surface area contributed by atoms with E-state index in [1.165, 1.54) is 0 Å². The molecule has 2 aliphatic carbocycles. The number of likely N-dealkylation sites (N-methyl/N-ethyl adjacent to an activating group) is 2. The number of halogens is 2. The highest BCUT2D eigenvalue weighted by Crippen LogP contribution is 2.51. The van der Waals surface area contributed by atoms with Crippen LogP contribution >= 0.6 is 23.2 Å². The fourth-order valence-electron chi connectivity index (χ4n) is 9.66. The van der Waals surface area contributed by atoms with Gasteiger partial charge in [-0.25, -0.2) is 23.1 Å². The molecular weight excluding hydrogens is 952 g/mol. The lowest BCUT2D eigenvalue weighted by atomic mass is 9.93. The first-order valence-electron chi connectivity index (χ1n) is 24.0. The molecule has 0 amide bonds. The molecule has 3 N–H and O–H groups in total. The molecular formula is C50H56Cl2N12O5S. The molecule has 3 aromatic heterocycles. The van der Waals surface area contributed by atoms with Crippen molar-refractivity contribution in [2.75, 3.05) is 76.1 Å². The molecule has 0 spiro atoms. The Morgan fingerprint density at radius 1 is 0.729 bits per heavy atom. The summed E-state index contributed by atoms with van der Waals surface area (Å²) in [6.07, 6.45) is 2.17. The number of hydrogen-bond acceptors (Lipinski definition) is 14. The standard InChI is InChI=1S/C50H56Cl2N12O5S/c1-6-61(7-2)26-25-54-49-58-48(59-50(60-49)67-28-27-62(8-3)9-4)53-23-24-55-70(65,66)29-64-35-18-14-12-16-31(35)39-37(64)22-20-33-45(39)69-47-41(52)42-46(40(51)43(47)57-33)68-44-32(56-42)19-21-36-38(44)30-15-11-13-17-34(30)63(36)10-5/h11-22,45-46,55H,6-10,23-29H2,1-5H3,(H2,53,54,58,59,60). The average Bonchev–Trinajstić information content (AvgIpc) is 3.88. The lowest BCUT2D eigenvalue weighted by Crippen LogP contribution is -2.37. The number of aliphatic imine (C=N–C) groups is 2. The highest BCUT2D eigenvalue weighted by Gasteiger charge is 2.44. The third-order valence-corrected chi connectivity index (χ3v) is 15.2. The minimum absolute atomic E-state index is 0.0607. The molecule has 2 aliphatic heterocycles. The van der Waals surface area contributed by atoms with Gasteiger partial charge in [-0.05, 0) is 69.5 Å². The number of nitrogens with zero attached hydrogens (tertiary/aromatic N) is 9. The first-order valence-corrected chi connectivity index (χ1v) is 26.4. The third kappa shape index (κ3) is 8.89. The number of ether oxygens (including phenoxy) is 3. The van der Waals surface area contributed by atoms with Crippen LogP contribution in [0.2, 0.25) is 0 Å². The number of para-hydroxylation sites is 2. The van der Waals surface area contributed by atoms with Crippen molar-refractivity contribution >= 4 is 101 Å². The van der Waals surface area contributed by atoms with Crippen molar-refractivity contribution in [3.05, 3.63) is 99.5 Å². The Kier molecular flexibility index (Phi) is 13.6. The summed E-state index contributed by atoms with van der Waals surface area (Å²) in [6, 6.07) is 20.1. The molecule has 4 aliphatic rings. The van der Waals surface area contributed by atoms with Crippen molar-refractivity contribution in [1.82, 2.24) is 38.6 Å². The second-order valence-electron chi connectivity index (χ2n) is 17.2. The van der Waals surface area contributed by atoms with Gasteiger partial charge >= 0.3 is 6.01 Å². The highest BCUT2D eigenvalue weighted by molar-refractivity contribution is 7.88. The van der Waals surface area contributed by atoms with E-state index >= 15 is 0 Å². The first kappa shape index (κ1) is 47.6. The fourth-order valence-corrected chi connectivity index (χ4v) is 11.3. The predicted octanol–water partition coefficient (Wildman–Crippen LogP) is 8.40. The SMILES string of the molecule is CCN(CC)CCNc1nc(NCCNS(=O)(=O)Cn2c3c(c4ccccc42)C2OC4=C(Cl)C5=Nc6ccc7c(c6OC5C(Cl)=C4N=C2C=C3)c2ccccc2n7CC)nc(OCCN(CC)CC)n1. The Balaban J connectivity index is 0.873. The number of fused-ring (bicyclic) bond motifs is 12.